The maximum Gasteiger partial charge on any atom is 0.174 e. The van der Waals surface area contributed by atoms with Gasteiger partial charge in [0.1, 0.15) is 6.04 Å². The molecule has 2 atom stereocenters. The van der Waals surface area contributed by atoms with Crippen LogP contribution in [0.5, 0.6) is 0 Å². The highest BCUT2D eigenvalue weighted by atomic mass is 35.5. The first-order valence-electron chi connectivity index (χ1n) is 12.3. The van der Waals surface area contributed by atoms with Gasteiger partial charge in [0.15, 0.2) is 5.11 Å². The van der Waals surface area contributed by atoms with Gasteiger partial charge in [-0.3, -0.25) is 4.98 Å². The largest absolute Gasteiger partial charge is 0.383 e. The summed E-state index contributed by atoms with van der Waals surface area (Å²) < 4.78 is 7.59. The Morgan fingerprint density at radius 1 is 1.14 bits per heavy atom. The number of methoxy groups -OCH3 is 1. The quantitative estimate of drug-likeness (QED) is 0.418. The number of halogens is 1. The third kappa shape index (κ3) is 4.90. The molecule has 0 spiro atoms. The summed E-state index contributed by atoms with van der Waals surface area (Å²) >= 11 is 12.8. The minimum atomic E-state index is -0.0954. The molecule has 184 valence electrons. The van der Waals surface area contributed by atoms with E-state index in [2.05, 4.69) is 68.1 Å². The Kier molecular flexibility index (Phi) is 7.27. The van der Waals surface area contributed by atoms with Gasteiger partial charge in [-0.1, -0.05) is 24.6 Å². The molecule has 0 amide bonds. The highest BCUT2D eigenvalue weighted by molar-refractivity contribution is 7.80. The number of nitrogens with zero attached hydrogens (tertiary/aromatic N) is 4. The molecule has 0 bridgehead atoms. The van der Waals surface area contributed by atoms with Gasteiger partial charge in [0, 0.05) is 50.5 Å². The normalized spacial score (nSPS) is 20.9. The standard InChI is InChI=1S/C27H32ClN5OS/c1-19-10-14-32(15-11-19)23-9-8-20(18-21(23)28)33-26(24-7-5-13-31(24)16-17-34-2)25(30-27(33)35)22-6-3-4-12-29-22/h3-9,12-13,18-19,25-26H,10-11,14-17H2,1-2H3,(H,30,35)/t25-,26+/m1/s1. The number of nitrogens with one attached hydrogen (secondary N) is 1. The number of pyridine rings is 1. The van der Waals surface area contributed by atoms with Crippen molar-refractivity contribution in [2.45, 2.75) is 38.4 Å². The molecule has 2 fully saturated rings. The Bertz CT molecular complexity index is 1160. The van der Waals surface area contributed by atoms with Crippen LogP contribution in [0.2, 0.25) is 5.02 Å². The average Bonchev–Trinajstić information content (AvgIpc) is 3.47. The fourth-order valence-corrected chi connectivity index (χ4v) is 5.81. The van der Waals surface area contributed by atoms with Crippen LogP contribution < -0.4 is 15.1 Å². The molecule has 0 aliphatic carbocycles. The van der Waals surface area contributed by atoms with E-state index in [1.165, 1.54) is 12.8 Å². The van der Waals surface area contributed by atoms with Crippen LogP contribution in [0.1, 0.15) is 43.2 Å². The van der Waals surface area contributed by atoms with Crippen LogP contribution in [-0.2, 0) is 11.3 Å². The average molecular weight is 510 g/mol. The zero-order valence-electron chi connectivity index (χ0n) is 20.2. The fourth-order valence-electron chi connectivity index (χ4n) is 5.17. The van der Waals surface area contributed by atoms with E-state index in [0.717, 1.165) is 53.3 Å². The number of aromatic nitrogens is 2. The first-order chi connectivity index (χ1) is 17.1. The highest BCUT2D eigenvalue weighted by Gasteiger charge is 2.42. The van der Waals surface area contributed by atoms with Gasteiger partial charge < -0.3 is 24.4 Å². The Labute approximate surface area is 217 Å². The van der Waals surface area contributed by atoms with Crippen molar-refractivity contribution in [3.8, 4) is 0 Å². The number of piperidine rings is 1. The molecule has 2 aliphatic rings. The molecule has 2 aromatic heterocycles. The predicted octanol–water partition coefficient (Wildman–Crippen LogP) is 5.60. The molecule has 0 saturated carbocycles. The Balaban J connectivity index is 1.52. The predicted molar refractivity (Wildman–Crippen MR) is 146 cm³/mol. The maximum atomic E-state index is 6.88. The van der Waals surface area contributed by atoms with Crippen molar-refractivity contribution in [3.63, 3.8) is 0 Å². The lowest BCUT2D eigenvalue weighted by Gasteiger charge is -2.33. The zero-order valence-corrected chi connectivity index (χ0v) is 21.8. The number of benzene rings is 1. The van der Waals surface area contributed by atoms with Crippen LogP contribution in [0, 0.1) is 5.92 Å². The summed E-state index contributed by atoms with van der Waals surface area (Å²) in [6, 6.07) is 16.4. The molecule has 1 aromatic carbocycles. The second kappa shape index (κ2) is 10.6. The topological polar surface area (TPSA) is 45.6 Å². The summed E-state index contributed by atoms with van der Waals surface area (Å²) in [6.07, 6.45) is 6.32. The second-order valence-electron chi connectivity index (χ2n) is 9.42. The summed E-state index contributed by atoms with van der Waals surface area (Å²) in [5.74, 6) is 0.774. The lowest BCUT2D eigenvalue weighted by Crippen LogP contribution is -2.33. The van der Waals surface area contributed by atoms with Gasteiger partial charge in [-0.25, -0.2) is 0 Å². The molecule has 35 heavy (non-hydrogen) atoms. The first-order valence-corrected chi connectivity index (χ1v) is 13.0. The third-order valence-corrected chi connectivity index (χ3v) is 7.75. The molecule has 0 unspecified atom stereocenters. The van der Waals surface area contributed by atoms with E-state index in [0.29, 0.717) is 11.7 Å². The number of anilines is 2. The zero-order chi connectivity index (χ0) is 24.4. The summed E-state index contributed by atoms with van der Waals surface area (Å²) in [7, 11) is 1.73. The lowest BCUT2D eigenvalue weighted by molar-refractivity contribution is 0.186. The van der Waals surface area contributed by atoms with E-state index in [1.807, 2.05) is 24.4 Å². The summed E-state index contributed by atoms with van der Waals surface area (Å²) in [5, 5.41) is 4.97. The number of hydrogen-bond donors (Lipinski definition) is 1. The molecule has 2 aliphatic heterocycles. The minimum Gasteiger partial charge on any atom is -0.383 e. The van der Waals surface area contributed by atoms with Gasteiger partial charge in [-0.15, -0.1) is 0 Å². The maximum absolute atomic E-state index is 6.88. The third-order valence-electron chi connectivity index (χ3n) is 7.14. The molecular formula is C27H32ClN5OS. The van der Waals surface area contributed by atoms with Gasteiger partial charge in [-0.05, 0) is 73.4 Å². The first kappa shape index (κ1) is 24.1. The van der Waals surface area contributed by atoms with Crippen LogP contribution in [0.15, 0.2) is 60.9 Å². The van der Waals surface area contributed by atoms with Crippen molar-refractivity contribution < 1.29 is 4.74 Å². The monoisotopic (exact) mass is 509 g/mol. The summed E-state index contributed by atoms with van der Waals surface area (Å²) in [4.78, 5) is 9.24. The molecule has 1 N–H and O–H groups in total. The lowest BCUT2D eigenvalue weighted by atomic mass is 9.98. The summed E-state index contributed by atoms with van der Waals surface area (Å²) in [6.45, 7) is 5.81. The highest BCUT2D eigenvalue weighted by Crippen LogP contribution is 2.43. The van der Waals surface area contributed by atoms with Crippen molar-refractivity contribution in [2.24, 2.45) is 5.92 Å². The van der Waals surface area contributed by atoms with Gasteiger partial charge in [0.25, 0.3) is 0 Å². The fraction of sp³-hybridized carbons (Fsp3) is 0.407. The van der Waals surface area contributed by atoms with Gasteiger partial charge in [-0.2, -0.15) is 0 Å². The minimum absolute atomic E-state index is 0.0815. The number of ether oxygens (including phenoxy) is 1. The number of hydrogen-bond acceptors (Lipinski definition) is 4. The number of rotatable bonds is 7. The summed E-state index contributed by atoms with van der Waals surface area (Å²) in [5.41, 5.74) is 4.17. The van der Waals surface area contributed by atoms with Crippen molar-refractivity contribution in [2.75, 3.05) is 36.6 Å². The Morgan fingerprint density at radius 2 is 1.97 bits per heavy atom. The van der Waals surface area contributed by atoms with Crippen LogP contribution in [0.4, 0.5) is 11.4 Å². The molecule has 4 heterocycles. The molecule has 3 aromatic rings. The van der Waals surface area contributed by atoms with Crippen LogP contribution in [-0.4, -0.2) is 41.5 Å². The Morgan fingerprint density at radius 3 is 2.69 bits per heavy atom. The van der Waals surface area contributed by atoms with Crippen molar-refractivity contribution in [1.82, 2.24) is 14.9 Å². The van der Waals surface area contributed by atoms with Crippen LogP contribution >= 0.6 is 23.8 Å². The smallest absolute Gasteiger partial charge is 0.174 e. The van der Waals surface area contributed by atoms with Crippen LogP contribution in [0.25, 0.3) is 0 Å². The molecule has 0 radical (unpaired) electrons. The van der Waals surface area contributed by atoms with Crippen molar-refractivity contribution >= 4 is 40.3 Å². The van der Waals surface area contributed by atoms with Crippen LogP contribution in [0.3, 0.4) is 0 Å². The SMILES string of the molecule is COCCn1cccc1[C@H]1[C@@H](c2ccccn2)NC(=S)N1c1ccc(N2CCC(C)CC2)c(Cl)c1. The molecule has 2 saturated heterocycles. The molecule has 6 nitrogen and oxygen atoms in total. The second-order valence-corrected chi connectivity index (χ2v) is 10.2. The van der Waals surface area contributed by atoms with E-state index in [9.17, 15) is 0 Å². The van der Waals surface area contributed by atoms with E-state index < -0.39 is 0 Å². The Hall–Kier alpha value is -2.61. The van der Waals surface area contributed by atoms with Crippen molar-refractivity contribution in [1.29, 1.82) is 0 Å². The molecular weight excluding hydrogens is 478 g/mol. The van der Waals surface area contributed by atoms with Gasteiger partial charge in [0.05, 0.1) is 29.1 Å². The number of thiocarbonyl (C=S) groups is 1. The van der Waals surface area contributed by atoms with E-state index >= 15 is 0 Å². The van der Waals surface area contributed by atoms with E-state index in [1.54, 1.807) is 7.11 Å². The molecule has 5 rings (SSSR count). The van der Waals surface area contributed by atoms with Gasteiger partial charge in [0.2, 0.25) is 0 Å². The van der Waals surface area contributed by atoms with Crippen molar-refractivity contribution in [3.05, 3.63) is 77.3 Å². The van der Waals surface area contributed by atoms with E-state index in [4.69, 9.17) is 28.6 Å². The van der Waals surface area contributed by atoms with E-state index in [-0.39, 0.29) is 12.1 Å². The van der Waals surface area contributed by atoms with Gasteiger partial charge >= 0.3 is 0 Å². The molecule has 8 heteroatoms.